The van der Waals surface area contributed by atoms with Gasteiger partial charge in [-0.3, -0.25) is 0 Å². The van der Waals surface area contributed by atoms with Crippen LogP contribution >= 0.6 is 11.6 Å². The van der Waals surface area contributed by atoms with Crippen LogP contribution in [0.2, 0.25) is 5.02 Å². The van der Waals surface area contributed by atoms with Crippen molar-refractivity contribution in [2.75, 3.05) is 19.0 Å². The third kappa shape index (κ3) is 1.93. The van der Waals surface area contributed by atoms with Gasteiger partial charge in [0.25, 0.3) is 0 Å². The fourth-order valence-corrected chi connectivity index (χ4v) is 1.32. The Morgan fingerprint density at radius 1 is 1.43 bits per heavy atom. The van der Waals surface area contributed by atoms with Gasteiger partial charge in [-0.05, 0) is 6.92 Å². The van der Waals surface area contributed by atoms with E-state index in [1.807, 2.05) is 0 Å². The molecule has 0 saturated carbocycles. The van der Waals surface area contributed by atoms with Gasteiger partial charge in [-0.15, -0.1) is 0 Å². The largest absolute Gasteiger partial charge is 0.476 e. The molecule has 5 nitrogen and oxygen atoms in total. The summed E-state index contributed by atoms with van der Waals surface area (Å²) in [5.41, 5.74) is -0.164. The predicted molar refractivity (Wildman–Crippen MR) is 53.1 cm³/mol. The maximum Gasteiger partial charge on any atom is 0.356 e. The van der Waals surface area contributed by atoms with Crippen molar-refractivity contribution in [3.8, 4) is 0 Å². The van der Waals surface area contributed by atoms with E-state index in [0.717, 1.165) is 0 Å². The zero-order valence-corrected chi connectivity index (χ0v) is 8.83. The minimum absolute atomic E-state index is 0.0631. The summed E-state index contributed by atoms with van der Waals surface area (Å²) in [7, 11) is 3.47. The Bertz CT molecular complexity index is 379. The molecule has 14 heavy (non-hydrogen) atoms. The Balaban J connectivity index is 3.40. The van der Waals surface area contributed by atoms with Gasteiger partial charge in [0.2, 0.25) is 0 Å². The quantitative estimate of drug-likeness (QED) is 0.803. The first kappa shape index (κ1) is 10.7. The number of carbonyl (C=O) groups is 1. The van der Waals surface area contributed by atoms with Crippen molar-refractivity contribution >= 4 is 23.4 Å². The van der Waals surface area contributed by atoms with Crippen LogP contribution in [0.15, 0.2) is 0 Å². The average molecular weight is 216 g/mol. The molecule has 0 radical (unpaired) electrons. The highest BCUT2D eigenvalue weighted by molar-refractivity contribution is 6.35. The molecule has 1 heterocycles. The summed E-state index contributed by atoms with van der Waals surface area (Å²) in [6.07, 6.45) is 0. The van der Waals surface area contributed by atoms with Gasteiger partial charge in [0, 0.05) is 14.1 Å². The Labute approximate surface area is 86.3 Å². The molecule has 1 N–H and O–H groups in total. The van der Waals surface area contributed by atoms with Gasteiger partial charge in [-0.1, -0.05) is 11.6 Å². The molecule has 0 saturated heterocycles. The summed E-state index contributed by atoms with van der Waals surface area (Å²) in [6, 6.07) is 0. The molecule has 0 aliphatic heterocycles. The van der Waals surface area contributed by atoms with E-state index >= 15 is 0 Å². The monoisotopic (exact) mass is 215 g/mol. The molecular formula is C8H10ClN3O2. The van der Waals surface area contributed by atoms with E-state index < -0.39 is 5.97 Å². The smallest absolute Gasteiger partial charge is 0.356 e. The summed E-state index contributed by atoms with van der Waals surface area (Å²) in [4.78, 5) is 20.2. The van der Waals surface area contributed by atoms with Crippen molar-refractivity contribution in [1.82, 2.24) is 9.97 Å². The summed E-state index contributed by atoms with van der Waals surface area (Å²) in [5, 5.41) is 8.87. The Morgan fingerprint density at radius 2 is 2.00 bits per heavy atom. The van der Waals surface area contributed by atoms with Gasteiger partial charge in [0.15, 0.2) is 11.5 Å². The molecule has 1 rings (SSSR count). The number of carboxylic acid groups (broad SMARTS) is 1. The highest BCUT2D eigenvalue weighted by Crippen LogP contribution is 2.24. The van der Waals surface area contributed by atoms with Crippen LogP contribution in [0.25, 0.3) is 0 Å². The number of rotatable bonds is 2. The number of hydrogen-bond donors (Lipinski definition) is 1. The van der Waals surface area contributed by atoms with E-state index in [1.54, 1.807) is 25.9 Å². The number of hydrogen-bond acceptors (Lipinski definition) is 4. The zero-order valence-electron chi connectivity index (χ0n) is 8.08. The maximum absolute atomic E-state index is 10.8. The van der Waals surface area contributed by atoms with Gasteiger partial charge >= 0.3 is 5.97 Å². The molecule has 6 heteroatoms. The van der Waals surface area contributed by atoms with Gasteiger partial charge in [-0.2, -0.15) is 0 Å². The van der Waals surface area contributed by atoms with Crippen molar-refractivity contribution in [2.45, 2.75) is 6.92 Å². The second-order valence-electron chi connectivity index (χ2n) is 2.96. The van der Waals surface area contributed by atoms with Crippen molar-refractivity contribution < 1.29 is 9.90 Å². The predicted octanol–water partition coefficient (Wildman–Crippen LogP) is 1.20. The highest BCUT2D eigenvalue weighted by atomic mass is 35.5. The minimum Gasteiger partial charge on any atom is -0.476 e. The molecule has 0 atom stereocenters. The standard InChI is InChI=1S/C8H10ClN3O2/c1-4-10-6(8(13)14)5(9)7(11-4)12(2)3/h1-3H3,(H,13,14). The number of anilines is 1. The third-order valence-corrected chi connectivity index (χ3v) is 1.92. The van der Waals surface area contributed by atoms with Crippen LogP contribution in [0.5, 0.6) is 0 Å². The van der Waals surface area contributed by atoms with Gasteiger partial charge in [-0.25, -0.2) is 14.8 Å². The normalized spacial score (nSPS) is 10.0. The van der Waals surface area contributed by atoms with E-state index in [9.17, 15) is 4.79 Å². The van der Waals surface area contributed by atoms with Crippen LogP contribution in [0.1, 0.15) is 16.3 Å². The Kier molecular flexibility index (Phi) is 2.90. The molecule has 76 valence electrons. The van der Waals surface area contributed by atoms with Gasteiger partial charge in [0.05, 0.1) is 0 Å². The van der Waals surface area contributed by atoms with Crippen LogP contribution in [-0.2, 0) is 0 Å². The lowest BCUT2D eigenvalue weighted by Crippen LogP contribution is -2.15. The maximum atomic E-state index is 10.8. The topological polar surface area (TPSA) is 66.3 Å². The lowest BCUT2D eigenvalue weighted by Gasteiger charge is -2.14. The molecule has 0 aliphatic carbocycles. The lowest BCUT2D eigenvalue weighted by molar-refractivity contribution is 0.0690. The van der Waals surface area contributed by atoms with Crippen LogP contribution in [0, 0.1) is 6.92 Å². The first-order chi connectivity index (χ1) is 6.43. The van der Waals surface area contributed by atoms with Crippen LogP contribution in [0.4, 0.5) is 5.82 Å². The van der Waals surface area contributed by atoms with E-state index in [4.69, 9.17) is 16.7 Å². The molecule has 0 aromatic carbocycles. The van der Waals surface area contributed by atoms with Gasteiger partial charge in [0.1, 0.15) is 10.8 Å². The van der Waals surface area contributed by atoms with E-state index in [2.05, 4.69) is 9.97 Å². The molecule has 0 bridgehead atoms. The molecule has 0 spiro atoms. The number of nitrogens with zero attached hydrogens (tertiary/aromatic N) is 3. The highest BCUT2D eigenvalue weighted by Gasteiger charge is 2.17. The number of aromatic nitrogens is 2. The third-order valence-electron chi connectivity index (χ3n) is 1.57. The van der Waals surface area contributed by atoms with E-state index in [1.165, 1.54) is 0 Å². The van der Waals surface area contributed by atoms with Crippen molar-refractivity contribution in [3.05, 3.63) is 16.5 Å². The number of carboxylic acids is 1. The number of aromatic carboxylic acids is 1. The Hall–Kier alpha value is -1.36. The number of halogens is 1. The van der Waals surface area contributed by atoms with E-state index in [-0.39, 0.29) is 10.7 Å². The summed E-state index contributed by atoms with van der Waals surface area (Å²) in [6.45, 7) is 1.62. The first-order valence-electron chi connectivity index (χ1n) is 3.88. The first-order valence-corrected chi connectivity index (χ1v) is 4.26. The minimum atomic E-state index is -1.15. The van der Waals surface area contributed by atoms with E-state index in [0.29, 0.717) is 11.6 Å². The fourth-order valence-electron chi connectivity index (χ4n) is 0.982. The molecular weight excluding hydrogens is 206 g/mol. The van der Waals surface area contributed by atoms with Crippen molar-refractivity contribution in [1.29, 1.82) is 0 Å². The van der Waals surface area contributed by atoms with Crippen LogP contribution in [-0.4, -0.2) is 35.1 Å². The SMILES string of the molecule is Cc1nc(C(=O)O)c(Cl)c(N(C)C)n1. The second-order valence-corrected chi connectivity index (χ2v) is 3.33. The number of aryl methyl sites for hydroxylation is 1. The lowest BCUT2D eigenvalue weighted by atomic mass is 10.3. The zero-order chi connectivity index (χ0) is 10.9. The summed E-state index contributed by atoms with van der Waals surface area (Å²) < 4.78 is 0. The summed E-state index contributed by atoms with van der Waals surface area (Å²) in [5.74, 6) is -0.351. The average Bonchev–Trinajstić information content (AvgIpc) is 2.07. The van der Waals surface area contributed by atoms with Crippen LogP contribution in [0.3, 0.4) is 0 Å². The molecule has 0 aliphatic rings. The van der Waals surface area contributed by atoms with Crippen molar-refractivity contribution in [3.63, 3.8) is 0 Å². The molecule has 1 aromatic heterocycles. The van der Waals surface area contributed by atoms with Crippen LogP contribution < -0.4 is 4.90 Å². The second kappa shape index (κ2) is 3.79. The summed E-state index contributed by atoms with van der Waals surface area (Å²) >= 11 is 5.82. The molecule has 0 unspecified atom stereocenters. The van der Waals surface area contributed by atoms with Crippen molar-refractivity contribution in [2.24, 2.45) is 0 Å². The van der Waals surface area contributed by atoms with Gasteiger partial charge < -0.3 is 10.0 Å². The fraction of sp³-hybridized carbons (Fsp3) is 0.375. The molecule has 0 fully saturated rings. The molecule has 1 aromatic rings. The Morgan fingerprint density at radius 3 is 2.43 bits per heavy atom. The molecule has 0 amide bonds.